The number of carbonyl (C=O) groups excluding carboxylic acids is 1. The van der Waals surface area contributed by atoms with E-state index < -0.39 is 0 Å². The number of anilines is 1. The van der Waals surface area contributed by atoms with Gasteiger partial charge in [0, 0.05) is 30.6 Å². The summed E-state index contributed by atoms with van der Waals surface area (Å²) in [4.78, 5) is 19.5. The SMILES string of the molecule is O=C(NCCc1ccc(Cl)cc1)C1CCN(c2nc3ccccc3s2)CC1. The minimum Gasteiger partial charge on any atom is -0.356 e. The molecule has 0 atom stereocenters. The Kier molecular flexibility index (Phi) is 5.60. The van der Waals surface area contributed by atoms with E-state index in [9.17, 15) is 4.79 Å². The molecule has 0 radical (unpaired) electrons. The number of piperidine rings is 1. The summed E-state index contributed by atoms with van der Waals surface area (Å²) in [6.07, 6.45) is 2.58. The van der Waals surface area contributed by atoms with Crippen LogP contribution in [0, 0.1) is 5.92 Å². The zero-order valence-corrected chi connectivity index (χ0v) is 16.6. The Balaban J connectivity index is 1.25. The molecular weight excluding hydrogens is 378 g/mol. The molecule has 140 valence electrons. The van der Waals surface area contributed by atoms with E-state index in [0.717, 1.165) is 48.0 Å². The third kappa shape index (κ3) is 4.42. The molecule has 1 saturated heterocycles. The minimum absolute atomic E-state index is 0.0980. The molecule has 2 heterocycles. The Labute approximate surface area is 168 Å². The number of halogens is 1. The van der Waals surface area contributed by atoms with Gasteiger partial charge in [-0.3, -0.25) is 4.79 Å². The second-order valence-electron chi connectivity index (χ2n) is 6.89. The van der Waals surface area contributed by atoms with Crippen molar-refractivity contribution in [1.29, 1.82) is 0 Å². The zero-order valence-electron chi connectivity index (χ0n) is 15.0. The standard InChI is InChI=1S/C21H22ClN3OS/c22-17-7-5-15(6-8-17)9-12-23-20(26)16-10-13-25(14-11-16)21-24-18-3-1-2-4-19(18)27-21/h1-8,16H,9-14H2,(H,23,26). The van der Waals surface area contributed by atoms with Crippen molar-refractivity contribution in [2.75, 3.05) is 24.5 Å². The van der Waals surface area contributed by atoms with E-state index in [1.165, 1.54) is 10.3 Å². The van der Waals surface area contributed by atoms with Gasteiger partial charge in [-0.1, -0.05) is 47.2 Å². The average molecular weight is 400 g/mol. The lowest BCUT2D eigenvalue weighted by Gasteiger charge is -2.31. The van der Waals surface area contributed by atoms with Gasteiger partial charge in [0.15, 0.2) is 5.13 Å². The van der Waals surface area contributed by atoms with Crippen LogP contribution in [0.3, 0.4) is 0 Å². The maximum atomic E-state index is 12.5. The van der Waals surface area contributed by atoms with E-state index in [1.54, 1.807) is 11.3 Å². The van der Waals surface area contributed by atoms with Crippen molar-refractivity contribution in [3.05, 3.63) is 59.1 Å². The van der Waals surface area contributed by atoms with E-state index in [1.807, 2.05) is 36.4 Å². The molecule has 1 N–H and O–H groups in total. The highest BCUT2D eigenvalue weighted by molar-refractivity contribution is 7.22. The lowest BCUT2D eigenvalue weighted by atomic mass is 9.96. The van der Waals surface area contributed by atoms with E-state index in [4.69, 9.17) is 16.6 Å². The first kappa shape index (κ1) is 18.3. The summed E-state index contributed by atoms with van der Waals surface area (Å²) < 4.78 is 1.22. The summed E-state index contributed by atoms with van der Waals surface area (Å²) in [5.41, 5.74) is 2.24. The number of carbonyl (C=O) groups is 1. The van der Waals surface area contributed by atoms with E-state index in [2.05, 4.69) is 22.3 Å². The third-order valence-electron chi connectivity index (χ3n) is 5.05. The van der Waals surface area contributed by atoms with Crippen molar-refractivity contribution in [3.8, 4) is 0 Å². The molecule has 0 unspecified atom stereocenters. The largest absolute Gasteiger partial charge is 0.356 e. The maximum absolute atomic E-state index is 12.5. The number of benzene rings is 2. The Hall–Kier alpha value is -2.11. The molecule has 3 aromatic rings. The van der Waals surface area contributed by atoms with Crippen LogP contribution in [0.5, 0.6) is 0 Å². The zero-order chi connectivity index (χ0) is 18.6. The number of hydrogen-bond acceptors (Lipinski definition) is 4. The van der Waals surface area contributed by atoms with Crippen molar-refractivity contribution in [2.24, 2.45) is 5.92 Å². The van der Waals surface area contributed by atoms with Crippen LogP contribution in [-0.2, 0) is 11.2 Å². The van der Waals surface area contributed by atoms with Gasteiger partial charge < -0.3 is 10.2 Å². The van der Waals surface area contributed by atoms with Gasteiger partial charge in [-0.25, -0.2) is 4.98 Å². The van der Waals surface area contributed by atoms with Crippen LogP contribution in [0.4, 0.5) is 5.13 Å². The molecule has 0 bridgehead atoms. The maximum Gasteiger partial charge on any atom is 0.223 e. The summed E-state index contributed by atoms with van der Waals surface area (Å²) in [6, 6.07) is 16.0. The molecule has 0 saturated carbocycles. The highest BCUT2D eigenvalue weighted by Gasteiger charge is 2.26. The number of nitrogens with zero attached hydrogens (tertiary/aromatic N) is 2. The van der Waals surface area contributed by atoms with Gasteiger partial charge in [0.2, 0.25) is 5.91 Å². The molecule has 0 aliphatic carbocycles. The van der Waals surface area contributed by atoms with Crippen LogP contribution in [-0.4, -0.2) is 30.5 Å². The Morgan fingerprint density at radius 3 is 2.63 bits per heavy atom. The molecule has 2 aromatic carbocycles. The van der Waals surface area contributed by atoms with E-state index in [0.29, 0.717) is 6.54 Å². The fraction of sp³-hybridized carbons (Fsp3) is 0.333. The quantitative estimate of drug-likeness (QED) is 0.685. The van der Waals surface area contributed by atoms with Gasteiger partial charge >= 0.3 is 0 Å². The molecule has 1 aliphatic rings. The fourth-order valence-corrected chi connectivity index (χ4v) is 4.60. The predicted molar refractivity (Wildman–Crippen MR) is 113 cm³/mol. The Morgan fingerprint density at radius 2 is 1.89 bits per heavy atom. The number of fused-ring (bicyclic) bond motifs is 1. The van der Waals surface area contributed by atoms with Crippen LogP contribution in [0.15, 0.2) is 48.5 Å². The number of thiazole rings is 1. The molecule has 1 aromatic heterocycles. The second-order valence-corrected chi connectivity index (χ2v) is 8.34. The monoisotopic (exact) mass is 399 g/mol. The molecule has 1 fully saturated rings. The lowest BCUT2D eigenvalue weighted by molar-refractivity contribution is -0.125. The Bertz CT molecular complexity index is 884. The molecule has 4 rings (SSSR count). The first-order valence-electron chi connectivity index (χ1n) is 9.32. The number of amides is 1. The van der Waals surface area contributed by atoms with Crippen LogP contribution in [0.2, 0.25) is 5.02 Å². The number of aromatic nitrogens is 1. The van der Waals surface area contributed by atoms with Gasteiger partial charge in [0.05, 0.1) is 10.2 Å². The van der Waals surface area contributed by atoms with Crippen molar-refractivity contribution in [1.82, 2.24) is 10.3 Å². The summed E-state index contributed by atoms with van der Waals surface area (Å²) in [7, 11) is 0. The number of para-hydroxylation sites is 1. The van der Waals surface area contributed by atoms with Gasteiger partial charge in [0.1, 0.15) is 0 Å². The molecule has 6 heteroatoms. The van der Waals surface area contributed by atoms with E-state index >= 15 is 0 Å². The molecule has 0 spiro atoms. The van der Waals surface area contributed by atoms with Gasteiger partial charge in [-0.2, -0.15) is 0 Å². The molecule has 1 amide bonds. The third-order valence-corrected chi connectivity index (χ3v) is 6.39. The van der Waals surface area contributed by atoms with Crippen LogP contribution < -0.4 is 10.2 Å². The fourth-order valence-electron chi connectivity index (χ4n) is 3.45. The van der Waals surface area contributed by atoms with Crippen LogP contribution in [0.25, 0.3) is 10.2 Å². The van der Waals surface area contributed by atoms with E-state index in [-0.39, 0.29) is 11.8 Å². The molecular formula is C21H22ClN3OS. The summed E-state index contributed by atoms with van der Waals surface area (Å²) in [5, 5.41) is 4.89. The van der Waals surface area contributed by atoms with Gasteiger partial charge in [0.25, 0.3) is 0 Å². The highest BCUT2D eigenvalue weighted by Crippen LogP contribution is 2.31. The van der Waals surface area contributed by atoms with Crippen LogP contribution >= 0.6 is 22.9 Å². The first-order valence-corrected chi connectivity index (χ1v) is 10.5. The number of nitrogens with one attached hydrogen (secondary N) is 1. The molecule has 27 heavy (non-hydrogen) atoms. The van der Waals surface area contributed by atoms with Crippen molar-refractivity contribution < 1.29 is 4.79 Å². The normalized spacial score (nSPS) is 15.2. The first-order chi connectivity index (χ1) is 13.2. The second kappa shape index (κ2) is 8.28. The van der Waals surface area contributed by atoms with Crippen molar-refractivity contribution in [3.63, 3.8) is 0 Å². The smallest absolute Gasteiger partial charge is 0.223 e. The highest BCUT2D eigenvalue weighted by atomic mass is 35.5. The summed E-state index contributed by atoms with van der Waals surface area (Å²) in [6.45, 7) is 2.43. The van der Waals surface area contributed by atoms with Gasteiger partial charge in [-0.15, -0.1) is 0 Å². The summed E-state index contributed by atoms with van der Waals surface area (Å²) in [5.74, 6) is 0.272. The van der Waals surface area contributed by atoms with Crippen molar-refractivity contribution >= 4 is 44.2 Å². The Morgan fingerprint density at radius 1 is 1.15 bits per heavy atom. The number of rotatable bonds is 5. The summed E-state index contributed by atoms with van der Waals surface area (Å²) >= 11 is 7.63. The molecule has 1 aliphatic heterocycles. The van der Waals surface area contributed by atoms with Crippen LogP contribution in [0.1, 0.15) is 18.4 Å². The minimum atomic E-state index is 0.0980. The topological polar surface area (TPSA) is 45.2 Å². The average Bonchev–Trinajstić information content (AvgIpc) is 3.14. The van der Waals surface area contributed by atoms with Crippen molar-refractivity contribution in [2.45, 2.75) is 19.3 Å². The number of hydrogen-bond donors (Lipinski definition) is 1. The predicted octanol–water partition coefficient (Wildman–Crippen LogP) is 4.53. The lowest BCUT2D eigenvalue weighted by Crippen LogP contribution is -2.41. The molecule has 4 nitrogen and oxygen atoms in total. The van der Waals surface area contributed by atoms with Gasteiger partial charge in [-0.05, 0) is 49.1 Å².